The zero-order valence-corrected chi connectivity index (χ0v) is 21.1. The van der Waals surface area contributed by atoms with E-state index in [2.05, 4.69) is 96.3 Å². The number of benzene rings is 3. The minimum Gasteiger partial charge on any atom is -0.465 e. The van der Waals surface area contributed by atoms with Crippen LogP contribution in [-0.2, 0) is 26.2 Å². The molecule has 0 bridgehead atoms. The summed E-state index contributed by atoms with van der Waals surface area (Å²) in [5.41, 5.74) is 9.64. The molecule has 0 atom stereocenters. The molecule has 3 aromatic rings. The number of carbonyl (C=O) groups excluding carboxylic acids is 1. The Hall–Kier alpha value is -3.41. The van der Waals surface area contributed by atoms with Gasteiger partial charge in [0.05, 0.1) is 18.6 Å². The molecule has 0 spiro atoms. The molecule has 1 saturated carbocycles. The number of esters is 1. The lowest BCUT2D eigenvalue weighted by molar-refractivity contribution is -0.146. The first-order valence-corrected chi connectivity index (χ1v) is 12.8. The van der Waals surface area contributed by atoms with Crippen LogP contribution in [0.1, 0.15) is 36.5 Å². The quantitative estimate of drug-likeness (QED) is 0.394. The number of hydroxylamine groups is 1. The number of nitrogens with one attached hydrogen (secondary N) is 1. The molecule has 0 aromatic heterocycles. The molecule has 2 aliphatic rings. The second-order valence-corrected chi connectivity index (χ2v) is 9.79. The second-order valence-electron chi connectivity index (χ2n) is 9.79. The van der Waals surface area contributed by atoms with Gasteiger partial charge >= 0.3 is 5.97 Å². The summed E-state index contributed by atoms with van der Waals surface area (Å²) < 4.78 is 5.30. The number of hydrogen-bond acceptors (Lipinski definition) is 5. The molecular formula is C31H34N2O3. The molecule has 36 heavy (non-hydrogen) atoms. The number of rotatable bonds is 10. The maximum atomic E-state index is 12.4. The standard InChI is InChI=1S/C31H34N2O3/c1-3-35-30(34)31(18-19-31)28-15-13-25(14-16-28)24-9-11-26(12-10-24)29-27(21-32-36-29)22-33(2)20-17-23-7-5-4-6-8-23/h4-16,32H,3,17-22H2,1-2H3. The number of nitrogens with zero attached hydrogens (tertiary/aromatic N) is 1. The first-order chi connectivity index (χ1) is 17.6. The highest BCUT2D eigenvalue weighted by molar-refractivity contribution is 5.87. The molecular weight excluding hydrogens is 448 g/mol. The van der Waals surface area contributed by atoms with Crippen LogP contribution in [0.3, 0.4) is 0 Å². The summed E-state index contributed by atoms with van der Waals surface area (Å²) in [6.07, 6.45) is 2.77. The largest absolute Gasteiger partial charge is 0.465 e. The molecule has 1 aliphatic heterocycles. The van der Waals surface area contributed by atoms with E-state index < -0.39 is 5.41 Å². The van der Waals surface area contributed by atoms with E-state index in [0.29, 0.717) is 6.61 Å². The van der Waals surface area contributed by atoms with Gasteiger partial charge in [-0.15, -0.1) is 0 Å². The van der Waals surface area contributed by atoms with Crippen molar-refractivity contribution in [1.29, 1.82) is 0 Å². The molecule has 1 aliphatic carbocycles. The molecule has 5 heteroatoms. The van der Waals surface area contributed by atoms with Crippen molar-refractivity contribution in [3.05, 3.63) is 101 Å². The van der Waals surface area contributed by atoms with Crippen LogP contribution in [0.5, 0.6) is 0 Å². The van der Waals surface area contributed by atoms with Crippen molar-refractivity contribution >= 4 is 11.7 Å². The first kappa shape index (κ1) is 24.3. The van der Waals surface area contributed by atoms with Crippen LogP contribution in [-0.4, -0.2) is 44.2 Å². The Morgan fingerprint density at radius 1 is 0.944 bits per heavy atom. The molecule has 0 amide bonds. The van der Waals surface area contributed by atoms with E-state index in [1.807, 2.05) is 6.92 Å². The maximum Gasteiger partial charge on any atom is 0.316 e. The van der Waals surface area contributed by atoms with Gasteiger partial charge in [0.2, 0.25) is 0 Å². The van der Waals surface area contributed by atoms with E-state index in [0.717, 1.165) is 66.9 Å². The van der Waals surface area contributed by atoms with E-state index in [9.17, 15) is 4.79 Å². The Morgan fingerprint density at radius 2 is 1.58 bits per heavy atom. The summed E-state index contributed by atoms with van der Waals surface area (Å²) in [7, 11) is 2.16. The summed E-state index contributed by atoms with van der Waals surface area (Å²) in [5.74, 6) is 0.829. The van der Waals surface area contributed by atoms with Crippen LogP contribution in [0, 0.1) is 0 Å². The average Bonchev–Trinajstić information content (AvgIpc) is 3.61. The Balaban J connectivity index is 1.24. The zero-order valence-electron chi connectivity index (χ0n) is 21.1. The van der Waals surface area contributed by atoms with Crippen LogP contribution >= 0.6 is 0 Å². The molecule has 1 fully saturated rings. The third-order valence-corrected chi connectivity index (χ3v) is 7.20. The number of likely N-dealkylation sites (N-methyl/N-ethyl adjacent to an activating group) is 1. The lowest BCUT2D eigenvalue weighted by Crippen LogP contribution is -2.25. The average molecular weight is 483 g/mol. The Labute approximate surface area is 213 Å². The van der Waals surface area contributed by atoms with Crippen molar-refractivity contribution in [2.45, 2.75) is 31.6 Å². The Kier molecular flexibility index (Phi) is 7.21. The third kappa shape index (κ3) is 5.23. The first-order valence-electron chi connectivity index (χ1n) is 12.8. The van der Waals surface area contributed by atoms with Gasteiger partial charge in [-0.2, -0.15) is 5.48 Å². The van der Waals surface area contributed by atoms with Crippen LogP contribution in [0.4, 0.5) is 0 Å². The van der Waals surface area contributed by atoms with Gasteiger partial charge < -0.3 is 14.5 Å². The fourth-order valence-electron chi connectivity index (χ4n) is 4.91. The predicted molar refractivity (Wildman–Crippen MR) is 143 cm³/mol. The number of hydrogen-bond donors (Lipinski definition) is 1. The van der Waals surface area contributed by atoms with Crippen LogP contribution in [0.25, 0.3) is 16.9 Å². The third-order valence-electron chi connectivity index (χ3n) is 7.20. The molecule has 5 rings (SSSR count). The predicted octanol–water partition coefficient (Wildman–Crippen LogP) is 5.37. The Bertz CT molecular complexity index is 1210. The van der Waals surface area contributed by atoms with Gasteiger partial charge in [0, 0.05) is 24.2 Å². The molecule has 1 heterocycles. The summed E-state index contributed by atoms with van der Waals surface area (Å²) in [5, 5.41) is 0. The van der Waals surface area contributed by atoms with E-state index in [1.165, 1.54) is 11.1 Å². The van der Waals surface area contributed by atoms with E-state index in [4.69, 9.17) is 9.57 Å². The summed E-state index contributed by atoms with van der Waals surface area (Å²) in [6.45, 7) is 4.87. The minimum absolute atomic E-state index is 0.0953. The fourth-order valence-corrected chi connectivity index (χ4v) is 4.91. The van der Waals surface area contributed by atoms with E-state index >= 15 is 0 Å². The number of ether oxygens (including phenoxy) is 1. The smallest absolute Gasteiger partial charge is 0.316 e. The monoisotopic (exact) mass is 482 g/mol. The molecule has 1 N–H and O–H groups in total. The van der Waals surface area contributed by atoms with Crippen molar-refractivity contribution in [2.24, 2.45) is 0 Å². The van der Waals surface area contributed by atoms with Gasteiger partial charge in [-0.25, -0.2) is 0 Å². The van der Waals surface area contributed by atoms with Gasteiger partial charge in [-0.1, -0.05) is 78.9 Å². The normalized spacial score (nSPS) is 16.2. The molecule has 0 unspecified atom stereocenters. The lowest BCUT2D eigenvalue weighted by Gasteiger charge is -2.17. The van der Waals surface area contributed by atoms with Gasteiger partial charge in [-0.3, -0.25) is 4.79 Å². The number of carbonyl (C=O) groups is 1. The van der Waals surface area contributed by atoms with Crippen LogP contribution < -0.4 is 5.48 Å². The topological polar surface area (TPSA) is 50.8 Å². The van der Waals surface area contributed by atoms with Gasteiger partial charge in [-0.05, 0) is 55.5 Å². The van der Waals surface area contributed by atoms with Crippen molar-refractivity contribution in [2.75, 3.05) is 33.3 Å². The molecule has 0 saturated heterocycles. The van der Waals surface area contributed by atoms with E-state index in [1.54, 1.807) is 0 Å². The summed E-state index contributed by atoms with van der Waals surface area (Å²) >= 11 is 0. The highest BCUT2D eigenvalue weighted by Gasteiger charge is 2.52. The fraction of sp³-hybridized carbons (Fsp3) is 0.323. The van der Waals surface area contributed by atoms with E-state index in [-0.39, 0.29) is 5.97 Å². The van der Waals surface area contributed by atoms with Crippen molar-refractivity contribution in [1.82, 2.24) is 10.4 Å². The SMILES string of the molecule is CCOC(=O)C1(c2ccc(-c3ccc(C4=C(CN(C)CCc5ccccc5)CNO4)cc3)cc2)CC1. The maximum absolute atomic E-state index is 12.4. The summed E-state index contributed by atoms with van der Waals surface area (Å²) in [6, 6.07) is 27.5. The minimum atomic E-state index is -0.428. The highest BCUT2D eigenvalue weighted by Crippen LogP contribution is 2.49. The Morgan fingerprint density at radius 3 is 2.22 bits per heavy atom. The molecule has 5 nitrogen and oxygen atoms in total. The van der Waals surface area contributed by atoms with Crippen molar-refractivity contribution < 1.29 is 14.4 Å². The van der Waals surface area contributed by atoms with Crippen molar-refractivity contribution in [3.8, 4) is 11.1 Å². The van der Waals surface area contributed by atoms with Crippen LogP contribution in [0.15, 0.2) is 84.4 Å². The molecule has 3 aromatic carbocycles. The van der Waals surface area contributed by atoms with Crippen LogP contribution in [0.2, 0.25) is 0 Å². The highest BCUT2D eigenvalue weighted by atomic mass is 16.7. The van der Waals surface area contributed by atoms with Gasteiger partial charge in [0.15, 0.2) is 5.76 Å². The van der Waals surface area contributed by atoms with Gasteiger partial charge in [0.25, 0.3) is 0 Å². The summed E-state index contributed by atoms with van der Waals surface area (Å²) in [4.78, 5) is 20.6. The second kappa shape index (κ2) is 10.7. The van der Waals surface area contributed by atoms with Crippen molar-refractivity contribution in [3.63, 3.8) is 0 Å². The zero-order chi connectivity index (χ0) is 25.0. The molecule has 0 radical (unpaired) electrons. The molecule has 186 valence electrons. The van der Waals surface area contributed by atoms with Gasteiger partial charge in [0.1, 0.15) is 0 Å². The lowest BCUT2D eigenvalue weighted by atomic mass is 9.93.